The summed E-state index contributed by atoms with van der Waals surface area (Å²) in [5, 5.41) is 57.3. The molecule has 3 aromatic carbocycles. The summed E-state index contributed by atoms with van der Waals surface area (Å²) in [4.78, 5) is 44.2. The van der Waals surface area contributed by atoms with Gasteiger partial charge in [-0.2, -0.15) is 0 Å². The highest BCUT2D eigenvalue weighted by Crippen LogP contribution is 2.62. The minimum Gasteiger partial charge on any atom is -0.459 e. The van der Waals surface area contributed by atoms with E-state index in [0.29, 0.717) is 67.7 Å². The maximum absolute atomic E-state index is 14.5. The molecule has 6 atom stereocenters. The second kappa shape index (κ2) is 24.5. The van der Waals surface area contributed by atoms with Crippen molar-refractivity contribution in [1.29, 1.82) is 0 Å². The van der Waals surface area contributed by atoms with Crippen molar-refractivity contribution >= 4 is 23.2 Å². The molecule has 1 aliphatic heterocycles. The van der Waals surface area contributed by atoms with E-state index in [1.165, 1.54) is 29.2 Å². The first-order valence-corrected chi connectivity index (χ1v) is 22.7. The van der Waals surface area contributed by atoms with Gasteiger partial charge in [0.1, 0.15) is 29.9 Å². The van der Waals surface area contributed by atoms with Gasteiger partial charge in [0.2, 0.25) is 5.79 Å². The first-order chi connectivity index (χ1) is 32.6. The van der Waals surface area contributed by atoms with Gasteiger partial charge in [-0.3, -0.25) is 25.1 Å². The molecule has 1 amide bonds. The quantitative estimate of drug-likeness (QED) is 0.0283. The smallest absolute Gasteiger partial charge is 0.410 e. The third-order valence-electron chi connectivity index (χ3n) is 12.3. The van der Waals surface area contributed by atoms with Crippen molar-refractivity contribution in [2.24, 2.45) is 22.9 Å². The van der Waals surface area contributed by atoms with E-state index in [1.54, 1.807) is 48.6 Å². The van der Waals surface area contributed by atoms with Crippen LogP contribution in [0.5, 0.6) is 17.2 Å². The largest absolute Gasteiger partial charge is 0.459 e. The second-order valence-electron chi connectivity index (χ2n) is 16.5. The van der Waals surface area contributed by atoms with Gasteiger partial charge in [0.05, 0.1) is 60.6 Å². The molecule has 3 aromatic rings. The third-order valence-corrected chi connectivity index (χ3v) is 12.3. The van der Waals surface area contributed by atoms with Crippen LogP contribution >= 0.6 is 0 Å². The van der Waals surface area contributed by atoms with Crippen LogP contribution in [0.2, 0.25) is 0 Å². The number of nitrogens with zero attached hydrogens (tertiary/aromatic N) is 4. The van der Waals surface area contributed by atoms with Gasteiger partial charge in [-0.25, -0.2) is 4.79 Å². The molecule has 2 aliphatic carbocycles. The molecule has 1 saturated carbocycles. The number of rotatable bonds is 27. The van der Waals surface area contributed by atoms with Crippen molar-refractivity contribution < 1.29 is 58.5 Å². The van der Waals surface area contributed by atoms with Crippen molar-refractivity contribution in [2.75, 3.05) is 52.8 Å². The fraction of sp³-hybridized carbons (Fsp3) is 0.469. The molecule has 1 fully saturated rings. The number of ether oxygens (including phenoxy) is 5. The lowest BCUT2D eigenvalue weighted by atomic mass is 9.55. The topological polar surface area (TPSA) is 235 Å². The number of carbonyl (C=O) groups is 1. The Morgan fingerprint density at radius 3 is 2.33 bits per heavy atom. The number of aliphatic hydroxyl groups excluding tert-OH is 3. The number of benzene rings is 3. The molecule has 18 heteroatoms. The highest BCUT2D eigenvalue weighted by Gasteiger charge is 2.65. The summed E-state index contributed by atoms with van der Waals surface area (Å²) < 4.78 is 32.1. The lowest BCUT2D eigenvalue weighted by Crippen LogP contribution is -2.70. The Hall–Kier alpha value is -6.18. The summed E-state index contributed by atoms with van der Waals surface area (Å²) in [6, 6.07) is 16.3. The number of oxime groups is 1. The highest BCUT2D eigenvalue weighted by atomic mass is 16.7. The lowest BCUT2D eigenvalue weighted by molar-refractivity contribution is -0.385. The third kappa shape index (κ3) is 12.2. The van der Waals surface area contributed by atoms with Crippen LogP contribution in [0.15, 0.2) is 109 Å². The molecule has 0 aromatic heterocycles. The van der Waals surface area contributed by atoms with Gasteiger partial charge in [-0.15, -0.1) is 13.2 Å². The van der Waals surface area contributed by atoms with Crippen molar-refractivity contribution in [2.45, 2.75) is 75.7 Å². The van der Waals surface area contributed by atoms with Crippen LogP contribution in [-0.4, -0.2) is 106 Å². The molecule has 67 heavy (non-hydrogen) atoms. The lowest BCUT2D eigenvalue weighted by Gasteiger charge is -2.59. The Morgan fingerprint density at radius 2 is 1.63 bits per heavy atom. The molecule has 360 valence electrons. The molecule has 3 aliphatic rings. The first kappa shape index (κ1) is 50.2. The van der Waals surface area contributed by atoms with Crippen LogP contribution in [0.1, 0.15) is 68.4 Å². The monoisotopic (exact) mass is 928 g/mol. The number of aliphatic hydroxyl groups is 3. The van der Waals surface area contributed by atoms with Crippen molar-refractivity contribution in [3.63, 3.8) is 0 Å². The zero-order valence-electron chi connectivity index (χ0n) is 37.5. The molecule has 18 nitrogen and oxygen atoms in total. The van der Waals surface area contributed by atoms with E-state index >= 15 is 0 Å². The van der Waals surface area contributed by atoms with Crippen LogP contribution in [0.3, 0.4) is 0 Å². The molecule has 3 N–H and O–H groups in total. The molecular formula is C49H60N4O14. The summed E-state index contributed by atoms with van der Waals surface area (Å²) in [5.74, 6) is -1.85. The van der Waals surface area contributed by atoms with Gasteiger partial charge < -0.3 is 43.8 Å². The molecular weight excluding hydrogens is 869 g/mol. The number of allylic oxidation sites excluding steroid dienone is 1. The minimum absolute atomic E-state index is 0.0000751. The zero-order chi connectivity index (χ0) is 47.8. The van der Waals surface area contributed by atoms with Gasteiger partial charge >= 0.3 is 6.09 Å². The number of nitro benzene ring substituents is 2. The second-order valence-corrected chi connectivity index (χ2v) is 16.5. The van der Waals surface area contributed by atoms with Crippen molar-refractivity contribution in [1.82, 2.24) is 4.90 Å². The molecule has 1 heterocycles. The fourth-order valence-corrected chi connectivity index (χ4v) is 9.42. The van der Waals surface area contributed by atoms with Gasteiger partial charge in [0, 0.05) is 55.9 Å². The summed E-state index contributed by atoms with van der Waals surface area (Å²) in [6.07, 6.45) is 9.07. The van der Waals surface area contributed by atoms with Crippen molar-refractivity contribution in [3.8, 4) is 17.2 Å². The molecule has 0 bridgehead atoms. The zero-order valence-corrected chi connectivity index (χ0v) is 37.5. The number of fused-ring (bicyclic) bond motifs is 2. The summed E-state index contributed by atoms with van der Waals surface area (Å²) >= 11 is 0. The Kier molecular flexibility index (Phi) is 18.4. The van der Waals surface area contributed by atoms with E-state index in [9.17, 15) is 40.3 Å². The van der Waals surface area contributed by atoms with E-state index in [4.69, 9.17) is 33.7 Å². The molecule has 0 radical (unpaired) electrons. The van der Waals surface area contributed by atoms with E-state index in [2.05, 4.69) is 19.2 Å². The van der Waals surface area contributed by atoms with Crippen LogP contribution < -0.4 is 9.47 Å². The molecule has 0 saturated heterocycles. The fourth-order valence-electron chi connectivity index (χ4n) is 9.42. The van der Waals surface area contributed by atoms with E-state index in [0.717, 1.165) is 11.1 Å². The number of non-ortho nitro benzene ring substituents is 2. The van der Waals surface area contributed by atoms with Crippen LogP contribution in [0.25, 0.3) is 0 Å². The maximum atomic E-state index is 14.5. The van der Waals surface area contributed by atoms with Crippen LogP contribution in [0.4, 0.5) is 16.2 Å². The average molecular weight is 929 g/mol. The Labute approximate surface area is 389 Å². The Morgan fingerprint density at radius 1 is 0.881 bits per heavy atom. The normalized spacial score (nSPS) is 22.0. The highest BCUT2D eigenvalue weighted by molar-refractivity contribution is 6.03. The van der Waals surface area contributed by atoms with Gasteiger partial charge in [0.25, 0.3) is 11.4 Å². The Bertz CT molecular complexity index is 2230. The maximum Gasteiger partial charge on any atom is 0.410 e. The number of amides is 1. The predicted octanol–water partition coefficient (Wildman–Crippen LogP) is 8.15. The number of hydrogen-bond acceptors (Lipinski definition) is 15. The van der Waals surface area contributed by atoms with Crippen LogP contribution in [0, 0.1) is 38.0 Å². The Balaban J connectivity index is 1.57. The number of nitro groups is 2. The van der Waals surface area contributed by atoms with Gasteiger partial charge in [-0.1, -0.05) is 42.3 Å². The minimum atomic E-state index is -1.63. The summed E-state index contributed by atoms with van der Waals surface area (Å²) in [6.45, 7) is 7.59. The van der Waals surface area contributed by atoms with E-state index in [-0.39, 0.29) is 94.8 Å². The summed E-state index contributed by atoms with van der Waals surface area (Å²) in [5.41, 5.74) is 2.44. The van der Waals surface area contributed by atoms with Crippen LogP contribution in [-0.2, 0) is 25.7 Å². The van der Waals surface area contributed by atoms with Crippen molar-refractivity contribution in [3.05, 3.63) is 135 Å². The number of hydrogen-bond donors (Lipinski definition) is 3. The summed E-state index contributed by atoms with van der Waals surface area (Å²) in [7, 11) is 0. The average Bonchev–Trinajstić information content (AvgIpc) is 3.32. The molecule has 0 spiro atoms. The predicted molar refractivity (Wildman–Crippen MR) is 247 cm³/mol. The van der Waals surface area contributed by atoms with E-state index in [1.807, 2.05) is 6.07 Å². The standard InChI is InChI=1S/C49H60N4O14/c1-3-5-26-63-48(57)51(21-27-62-28-24-56)45-32-43(50-65-33-34-15-17-36(18-16-34)52(58)59)41-29-35(11-6-8-22-54)40(14-7-9-23-55)46-42-31-39(66-38-13-10-12-37(30-38)53(60)61)19-20-44(42)67-49(45,47(41)46)64-25-4-2/h3-4,10,12-13,15-20,29-31,35,40,45-47,54-56H,1-2,5-9,11,14,21-28,32-33H2. The first-order valence-electron chi connectivity index (χ1n) is 22.7. The van der Waals surface area contributed by atoms with Gasteiger partial charge in [0.15, 0.2) is 0 Å². The molecule has 6 rings (SSSR count). The number of carbonyl (C=O) groups excluding carboxylic acids is 1. The SMILES string of the molecule is C=CCCOC(=O)N(CCOCCO)C1CC(=NOCc2ccc([N+](=O)[O-])cc2)C2=CC(CCCCO)C(CCCCO)C3c4cc(Oc5cccc([N+](=O)[O-])c5)ccc4OC1(OCC=C)C23. The van der Waals surface area contributed by atoms with E-state index < -0.39 is 39.6 Å². The molecule has 6 unspecified atom stereocenters. The van der Waals surface area contributed by atoms with Gasteiger partial charge in [-0.05, 0) is 91.5 Å². The number of unbranched alkanes of at least 4 members (excludes halogenated alkanes) is 2.